The largest absolute Gasteiger partial charge is 0.378 e. The molecule has 3 amide bonds. The summed E-state index contributed by atoms with van der Waals surface area (Å²) < 4.78 is 5.36. The van der Waals surface area contributed by atoms with E-state index in [0.29, 0.717) is 32.8 Å². The second kappa shape index (κ2) is 11.1. The van der Waals surface area contributed by atoms with Gasteiger partial charge in [0.2, 0.25) is 5.91 Å². The first kappa shape index (κ1) is 23.1. The van der Waals surface area contributed by atoms with Crippen molar-refractivity contribution in [1.29, 1.82) is 0 Å². The number of amides is 3. The molecule has 0 spiro atoms. The van der Waals surface area contributed by atoms with Crippen molar-refractivity contribution in [2.75, 3.05) is 31.6 Å². The molecular weight excluding hydrogens is 404 g/mol. The highest BCUT2D eigenvalue weighted by Gasteiger charge is 2.35. The van der Waals surface area contributed by atoms with Gasteiger partial charge in [0.25, 0.3) is 0 Å². The lowest BCUT2D eigenvalue weighted by molar-refractivity contribution is -0.140. The Morgan fingerprint density at radius 2 is 1.69 bits per heavy atom. The highest BCUT2D eigenvalue weighted by atomic mass is 16.5. The van der Waals surface area contributed by atoms with Crippen molar-refractivity contribution in [3.63, 3.8) is 0 Å². The number of morpholine rings is 1. The maximum Gasteiger partial charge on any atom is 0.322 e. The molecule has 7 nitrogen and oxygen atoms in total. The quantitative estimate of drug-likeness (QED) is 0.727. The van der Waals surface area contributed by atoms with E-state index in [0.717, 1.165) is 62.6 Å². The average Bonchev–Trinajstić information content (AvgIpc) is 2.85. The van der Waals surface area contributed by atoms with Crippen LogP contribution in [0.5, 0.6) is 0 Å². The van der Waals surface area contributed by atoms with Gasteiger partial charge < -0.3 is 25.6 Å². The number of ether oxygens (including phenoxy) is 1. The maximum atomic E-state index is 13.7. The number of carbonyl (C=O) groups excluding carboxylic acids is 2. The van der Waals surface area contributed by atoms with Crippen molar-refractivity contribution >= 4 is 17.6 Å². The highest BCUT2D eigenvalue weighted by molar-refractivity contribution is 5.90. The number of rotatable bonds is 5. The second-order valence-electron chi connectivity index (χ2n) is 9.50. The summed E-state index contributed by atoms with van der Waals surface area (Å²) in [6, 6.07) is 7.83. The fourth-order valence-corrected chi connectivity index (χ4v) is 5.39. The predicted molar refractivity (Wildman–Crippen MR) is 125 cm³/mol. The Balaban J connectivity index is 1.53. The van der Waals surface area contributed by atoms with Crippen LogP contribution in [-0.2, 0) is 16.1 Å². The molecule has 0 radical (unpaired) electrons. The zero-order valence-corrected chi connectivity index (χ0v) is 19.1. The van der Waals surface area contributed by atoms with E-state index in [2.05, 4.69) is 10.2 Å². The van der Waals surface area contributed by atoms with Gasteiger partial charge in [-0.25, -0.2) is 4.79 Å². The number of nitrogens with zero attached hydrogens (tertiary/aromatic N) is 2. The van der Waals surface area contributed by atoms with Crippen LogP contribution in [0.2, 0.25) is 0 Å². The third-order valence-corrected chi connectivity index (χ3v) is 7.32. The zero-order chi connectivity index (χ0) is 22.3. The van der Waals surface area contributed by atoms with Crippen LogP contribution in [0.15, 0.2) is 24.3 Å². The van der Waals surface area contributed by atoms with E-state index in [-0.39, 0.29) is 29.9 Å². The normalized spacial score (nSPS) is 24.7. The van der Waals surface area contributed by atoms with Crippen LogP contribution in [0.25, 0.3) is 0 Å². The predicted octanol–water partition coefficient (Wildman–Crippen LogP) is 3.73. The van der Waals surface area contributed by atoms with E-state index in [9.17, 15) is 9.59 Å². The standard InChI is InChI=1S/C25H38N4O3/c26-21-11-5-7-13-23(21)29(24(30)19-8-2-1-3-9-19)18-20-10-4-6-12-22(20)27-25(31)28-14-16-32-17-15-28/h4,6,10,12,19,21,23H,1-3,5,7-9,11,13-18,26H2,(H,27,31). The molecule has 2 saturated carbocycles. The van der Waals surface area contributed by atoms with Gasteiger partial charge in [-0.2, -0.15) is 0 Å². The molecule has 2 aliphatic carbocycles. The molecule has 7 heteroatoms. The fraction of sp³-hybridized carbons (Fsp3) is 0.680. The molecule has 1 aromatic carbocycles. The molecule has 2 atom stereocenters. The van der Waals surface area contributed by atoms with Gasteiger partial charge >= 0.3 is 6.03 Å². The molecule has 1 saturated heterocycles. The van der Waals surface area contributed by atoms with Crippen molar-refractivity contribution in [2.24, 2.45) is 11.7 Å². The lowest BCUT2D eigenvalue weighted by Gasteiger charge is -2.41. The number of hydrogen-bond acceptors (Lipinski definition) is 4. The van der Waals surface area contributed by atoms with Gasteiger partial charge in [-0.15, -0.1) is 0 Å². The van der Waals surface area contributed by atoms with Crippen molar-refractivity contribution in [3.8, 4) is 0 Å². The van der Waals surface area contributed by atoms with E-state index in [1.807, 2.05) is 24.3 Å². The Kier molecular flexibility index (Phi) is 8.03. The molecule has 3 aliphatic rings. The number of para-hydroxylation sites is 1. The number of hydrogen-bond donors (Lipinski definition) is 2. The number of nitrogens with two attached hydrogens (primary N) is 1. The van der Waals surface area contributed by atoms with E-state index in [1.54, 1.807) is 4.90 Å². The Bertz CT molecular complexity index is 774. The molecular formula is C25H38N4O3. The van der Waals surface area contributed by atoms with Crippen molar-refractivity contribution in [1.82, 2.24) is 9.80 Å². The van der Waals surface area contributed by atoms with Gasteiger partial charge in [0.15, 0.2) is 0 Å². The lowest BCUT2D eigenvalue weighted by Crippen LogP contribution is -2.53. The summed E-state index contributed by atoms with van der Waals surface area (Å²) in [4.78, 5) is 30.3. The lowest BCUT2D eigenvalue weighted by atomic mass is 9.85. The van der Waals surface area contributed by atoms with Gasteiger partial charge in [-0.1, -0.05) is 50.3 Å². The van der Waals surface area contributed by atoms with Gasteiger partial charge in [0, 0.05) is 43.3 Å². The van der Waals surface area contributed by atoms with Crippen LogP contribution in [0, 0.1) is 5.92 Å². The first-order valence-electron chi connectivity index (χ1n) is 12.4. The molecule has 32 heavy (non-hydrogen) atoms. The topological polar surface area (TPSA) is 87.9 Å². The van der Waals surface area contributed by atoms with E-state index in [1.165, 1.54) is 6.42 Å². The summed E-state index contributed by atoms with van der Waals surface area (Å²) >= 11 is 0. The second-order valence-corrected chi connectivity index (χ2v) is 9.50. The minimum absolute atomic E-state index is 0.0198. The number of urea groups is 1. The molecule has 1 aliphatic heterocycles. The molecule has 1 aromatic rings. The summed E-state index contributed by atoms with van der Waals surface area (Å²) in [5, 5.41) is 3.08. The molecule has 0 bridgehead atoms. The van der Waals surface area contributed by atoms with E-state index in [4.69, 9.17) is 10.5 Å². The van der Waals surface area contributed by atoms with Crippen LogP contribution < -0.4 is 11.1 Å². The summed E-state index contributed by atoms with van der Waals surface area (Å²) in [6.45, 7) is 2.82. The van der Waals surface area contributed by atoms with Gasteiger partial charge in [-0.3, -0.25) is 4.79 Å². The summed E-state index contributed by atoms with van der Waals surface area (Å²) in [5.74, 6) is 0.356. The summed E-state index contributed by atoms with van der Waals surface area (Å²) in [6.07, 6.45) is 9.62. The third kappa shape index (κ3) is 5.62. The fourth-order valence-electron chi connectivity index (χ4n) is 5.39. The van der Waals surface area contributed by atoms with Gasteiger partial charge in [0.05, 0.1) is 13.2 Å². The molecule has 0 aromatic heterocycles. The van der Waals surface area contributed by atoms with Crippen LogP contribution in [-0.4, -0.2) is 60.1 Å². The molecule has 3 N–H and O–H groups in total. The van der Waals surface area contributed by atoms with Crippen LogP contribution in [0.3, 0.4) is 0 Å². The molecule has 176 valence electrons. The van der Waals surface area contributed by atoms with Gasteiger partial charge in [0.1, 0.15) is 0 Å². The molecule has 1 heterocycles. The summed E-state index contributed by atoms with van der Waals surface area (Å²) in [5.41, 5.74) is 8.28. The first-order valence-corrected chi connectivity index (χ1v) is 12.4. The highest BCUT2D eigenvalue weighted by Crippen LogP contribution is 2.31. The molecule has 2 unspecified atom stereocenters. The van der Waals surface area contributed by atoms with Crippen molar-refractivity contribution < 1.29 is 14.3 Å². The van der Waals surface area contributed by atoms with E-state index >= 15 is 0 Å². The van der Waals surface area contributed by atoms with Crippen molar-refractivity contribution in [3.05, 3.63) is 29.8 Å². The summed E-state index contributed by atoms with van der Waals surface area (Å²) in [7, 11) is 0. The zero-order valence-electron chi connectivity index (χ0n) is 19.1. The first-order chi connectivity index (χ1) is 15.6. The Morgan fingerprint density at radius 1 is 1.00 bits per heavy atom. The number of benzene rings is 1. The van der Waals surface area contributed by atoms with Crippen molar-refractivity contribution in [2.45, 2.75) is 76.4 Å². The van der Waals surface area contributed by atoms with Crippen LogP contribution in [0.4, 0.5) is 10.5 Å². The Morgan fingerprint density at radius 3 is 2.44 bits per heavy atom. The Hall–Kier alpha value is -2.12. The SMILES string of the molecule is NC1CCCCC1N(Cc1ccccc1NC(=O)N1CCOCC1)C(=O)C1CCCCC1. The maximum absolute atomic E-state index is 13.7. The molecule has 4 rings (SSSR count). The Labute approximate surface area is 191 Å². The number of anilines is 1. The number of nitrogens with one attached hydrogen (secondary N) is 1. The smallest absolute Gasteiger partial charge is 0.322 e. The monoisotopic (exact) mass is 442 g/mol. The average molecular weight is 443 g/mol. The third-order valence-electron chi connectivity index (χ3n) is 7.32. The molecule has 3 fully saturated rings. The minimum Gasteiger partial charge on any atom is -0.378 e. The number of carbonyl (C=O) groups is 2. The van der Waals surface area contributed by atoms with E-state index < -0.39 is 0 Å². The van der Waals surface area contributed by atoms with Crippen LogP contribution in [0.1, 0.15) is 63.4 Å². The minimum atomic E-state index is -0.111. The van der Waals surface area contributed by atoms with Crippen LogP contribution >= 0.6 is 0 Å². The van der Waals surface area contributed by atoms with Gasteiger partial charge in [-0.05, 0) is 37.3 Å².